The van der Waals surface area contributed by atoms with Crippen LogP contribution in [0.25, 0.3) is 11.1 Å². The normalized spacial score (nSPS) is 21.6. The molecule has 0 radical (unpaired) electrons. The maximum atomic E-state index is 12.5. The summed E-state index contributed by atoms with van der Waals surface area (Å²) in [7, 11) is 0. The molecule has 7 heteroatoms. The van der Waals surface area contributed by atoms with Gasteiger partial charge in [0.1, 0.15) is 6.61 Å². The molecule has 1 aliphatic carbocycles. The molecule has 1 heterocycles. The van der Waals surface area contributed by atoms with Gasteiger partial charge in [-0.1, -0.05) is 75.4 Å². The van der Waals surface area contributed by atoms with Crippen LogP contribution < -0.4 is 5.32 Å². The molecule has 3 aromatic carbocycles. The molecule has 0 aromatic heterocycles. The molecule has 2 aliphatic rings. The highest BCUT2D eigenvalue weighted by molar-refractivity contribution is 5.94. The van der Waals surface area contributed by atoms with E-state index in [2.05, 4.69) is 55.3 Å². The number of ether oxygens (including phenoxy) is 1. The Labute approximate surface area is 248 Å². The number of benzene rings is 3. The number of amidine groups is 1. The Morgan fingerprint density at radius 1 is 0.905 bits per heavy atom. The van der Waals surface area contributed by atoms with Crippen molar-refractivity contribution in [3.63, 3.8) is 0 Å². The van der Waals surface area contributed by atoms with Gasteiger partial charge in [-0.05, 0) is 78.0 Å². The van der Waals surface area contributed by atoms with E-state index in [4.69, 9.17) is 14.8 Å². The van der Waals surface area contributed by atoms with E-state index in [1.165, 1.54) is 18.4 Å². The van der Waals surface area contributed by atoms with Gasteiger partial charge in [-0.15, -0.1) is 0 Å². The predicted octanol–water partition coefficient (Wildman–Crippen LogP) is 7.22. The highest BCUT2D eigenvalue weighted by Gasteiger charge is 2.40. The van der Waals surface area contributed by atoms with Gasteiger partial charge < -0.3 is 20.1 Å². The molecular formula is C35H41N3O4. The molecule has 1 atom stereocenters. The molecule has 0 spiro atoms. The van der Waals surface area contributed by atoms with E-state index in [-0.39, 0.29) is 24.9 Å². The first-order valence-corrected chi connectivity index (χ1v) is 14.9. The topological polar surface area (TPSA) is 91.2 Å². The minimum Gasteiger partial charge on any atom is -0.481 e. The fourth-order valence-electron chi connectivity index (χ4n) is 6.13. The molecule has 3 aromatic rings. The second-order valence-electron chi connectivity index (χ2n) is 12.4. The van der Waals surface area contributed by atoms with Crippen LogP contribution in [-0.2, 0) is 9.53 Å². The van der Waals surface area contributed by atoms with E-state index in [1.807, 2.05) is 42.5 Å². The molecule has 220 valence electrons. The second-order valence-corrected chi connectivity index (χ2v) is 12.4. The molecule has 1 aliphatic heterocycles. The van der Waals surface area contributed by atoms with E-state index in [9.17, 15) is 9.59 Å². The number of hydrogen-bond acceptors (Lipinski definition) is 4. The molecule has 2 fully saturated rings. The number of nitrogens with zero attached hydrogens (tertiary/aromatic N) is 2. The van der Waals surface area contributed by atoms with Crippen molar-refractivity contribution in [3.05, 3.63) is 90.0 Å². The minimum atomic E-state index is -0.937. The van der Waals surface area contributed by atoms with Crippen molar-refractivity contribution in [2.45, 2.75) is 65.0 Å². The number of aliphatic carboxylic acids is 1. The minimum absolute atomic E-state index is 0.00681. The Morgan fingerprint density at radius 3 is 2.17 bits per heavy atom. The first kappa shape index (κ1) is 29.4. The van der Waals surface area contributed by atoms with E-state index in [0.717, 1.165) is 29.7 Å². The van der Waals surface area contributed by atoms with Crippen molar-refractivity contribution >= 4 is 23.6 Å². The molecule has 5 rings (SSSR count). The standard InChI is InChI=1S/C35H41N3O4/c1-35(2,3)28-15-19-30(20-16-28)38-31(26-9-11-27(12-10-26)33(41)36-22-21-32(39)40)23-42-34(38)37-29-17-13-25(14-18-29)24-7-5-4-6-8-24/h4-14,17-18,28,30-31H,15-16,19-23H2,1-3H3,(H,36,41)(H,39,40). The first-order chi connectivity index (χ1) is 20.2. The fourth-order valence-corrected chi connectivity index (χ4v) is 6.13. The van der Waals surface area contributed by atoms with Crippen LogP contribution >= 0.6 is 0 Å². The lowest BCUT2D eigenvalue weighted by atomic mass is 9.71. The van der Waals surface area contributed by atoms with Gasteiger partial charge in [0.2, 0.25) is 0 Å². The van der Waals surface area contributed by atoms with E-state index in [1.54, 1.807) is 12.1 Å². The smallest absolute Gasteiger partial charge is 0.305 e. The molecular weight excluding hydrogens is 526 g/mol. The van der Waals surface area contributed by atoms with Gasteiger partial charge in [0.05, 0.1) is 18.2 Å². The Hall–Kier alpha value is -4.13. The zero-order chi connectivity index (χ0) is 29.7. The van der Waals surface area contributed by atoms with Crippen molar-refractivity contribution in [2.75, 3.05) is 13.2 Å². The summed E-state index contributed by atoms with van der Waals surface area (Å²) in [5.41, 5.74) is 5.04. The Bertz CT molecular complexity index is 1390. The molecule has 0 bridgehead atoms. The number of carboxylic acid groups (broad SMARTS) is 1. The third-order valence-electron chi connectivity index (χ3n) is 8.62. The molecule has 1 amide bonds. The third-order valence-corrected chi connectivity index (χ3v) is 8.62. The summed E-state index contributed by atoms with van der Waals surface area (Å²) >= 11 is 0. The summed E-state index contributed by atoms with van der Waals surface area (Å²) in [6, 6.07) is 27.1. The van der Waals surface area contributed by atoms with Crippen molar-refractivity contribution in [1.29, 1.82) is 0 Å². The van der Waals surface area contributed by atoms with Crippen molar-refractivity contribution in [2.24, 2.45) is 16.3 Å². The van der Waals surface area contributed by atoms with Crippen LogP contribution in [0.3, 0.4) is 0 Å². The average molecular weight is 568 g/mol. The number of carbonyl (C=O) groups excluding carboxylic acids is 1. The summed E-state index contributed by atoms with van der Waals surface area (Å²) in [5.74, 6) is -0.516. The summed E-state index contributed by atoms with van der Waals surface area (Å²) in [4.78, 5) is 30.6. The van der Waals surface area contributed by atoms with Gasteiger partial charge in [-0.3, -0.25) is 9.59 Å². The van der Waals surface area contributed by atoms with E-state index >= 15 is 0 Å². The number of carboxylic acids is 1. The van der Waals surface area contributed by atoms with Crippen molar-refractivity contribution < 1.29 is 19.4 Å². The van der Waals surface area contributed by atoms with Crippen LogP contribution in [0, 0.1) is 11.3 Å². The summed E-state index contributed by atoms with van der Waals surface area (Å²) in [6.07, 6.45) is 4.40. The number of aliphatic imine (C=N–C) groups is 1. The Kier molecular flexibility index (Phi) is 8.95. The van der Waals surface area contributed by atoms with Gasteiger partial charge in [0.25, 0.3) is 11.9 Å². The second kappa shape index (κ2) is 12.8. The number of carbonyl (C=O) groups is 2. The molecule has 1 saturated carbocycles. The van der Waals surface area contributed by atoms with Crippen LogP contribution in [0.5, 0.6) is 0 Å². The SMILES string of the molecule is CC(C)(C)C1CCC(N2C(=Nc3ccc(-c4ccccc4)cc3)OCC2c2ccc(C(=O)NCCC(=O)O)cc2)CC1. The third kappa shape index (κ3) is 7.01. The van der Waals surface area contributed by atoms with Crippen LogP contribution in [0.2, 0.25) is 0 Å². The van der Waals surface area contributed by atoms with Crippen molar-refractivity contribution in [1.82, 2.24) is 10.2 Å². The average Bonchev–Trinajstić information content (AvgIpc) is 3.41. The maximum Gasteiger partial charge on any atom is 0.305 e. The highest BCUT2D eigenvalue weighted by atomic mass is 16.5. The van der Waals surface area contributed by atoms with Crippen molar-refractivity contribution in [3.8, 4) is 11.1 Å². The van der Waals surface area contributed by atoms with Crippen LogP contribution in [-0.4, -0.2) is 47.1 Å². The lowest BCUT2D eigenvalue weighted by molar-refractivity contribution is -0.136. The zero-order valence-corrected chi connectivity index (χ0v) is 24.8. The molecule has 42 heavy (non-hydrogen) atoms. The largest absolute Gasteiger partial charge is 0.481 e. The van der Waals surface area contributed by atoms with E-state index in [0.29, 0.717) is 35.6 Å². The number of rotatable bonds is 8. The van der Waals surface area contributed by atoms with Gasteiger partial charge in [-0.2, -0.15) is 4.99 Å². The summed E-state index contributed by atoms with van der Waals surface area (Å²) in [6.45, 7) is 7.61. The van der Waals surface area contributed by atoms with Gasteiger partial charge in [-0.25, -0.2) is 0 Å². The quantitative estimate of drug-likeness (QED) is 0.300. The predicted molar refractivity (Wildman–Crippen MR) is 166 cm³/mol. The summed E-state index contributed by atoms with van der Waals surface area (Å²) in [5, 5.41) is 11.5. The van der Waals surface area contributed by atoms with Crippen LogP contribution in [0.4, 0.5) is 5.69 Å². The van der Waals surface area contributed by atoms with Crippen LogP contribution in [0.15, 0.2) is 83.9 Å². The Morgan fingerprint density at radius 2 is 1.55 bits per heavy atom. The van der Waals surface area contributed by atoms with E-state index < -0.39 is 5.97 Å². The van der Waals surface area contributed by atoms with Gasteiger partial charge in [0, 0.05) is 18.2 Å². The zero-order valence-electron chi connectivity index (χ0n) is 24.8. The molecule has 1 saturated heterocycles. The number of nitrogens with one attached hydrogen (secondary N) is 1. The number of amides is 1. The fraction of sp³-hybridized carbons (Fsp3) is 0.400. The lowest BCUT2D eigenvalue weighted by Crippen LogP contribution is -2.42. The Balaban J connectivity index is 1.37. The van der Waals surface area contributed by atoms with Gasteiger partial charge >= 0.3 is 5.97 Å². The lowest BCUT2D eigenvalue weighted by Gasteiger charge is -2.41. The molecule has 2 N–H and O–H groups in total. The molecule has 1 unspecified atom stereocenters. The number of hydrogen-bond donors (Lipinski definition) is 2. The van der Waals surface area contributed by atoms with Crippen LogP contribution in [0.1, 0.15) is 74.8 Å². The van der Waals surface area contributed by atoms with Gasteiger partial charge in [0.15, 0.2) is 0 Å². The highest BCUT2D eigenvalue weighted by Crippen LogP contribution is 2.42. The monoisotopic (exact) mass is 567 g/mol. The summed E-state index contributed by atoms with van der Waals surface area (Å²) < 4.78 is 6.29. The maximum absolute atomic E-state index is 12.5. The molecule has 7 nitrogen and oxygen atoms in total. The first-order valence-electron chi connectivity index (χ1n) is 14.9.